The number of carbonyl (C=O) groups is 1. The topological polar surface area (TPSA) is 62.7 Å². The number of ether oxygens (including phenoxy) is 1. The molecule has 0 radical (unpaired) electrons. The molecule has 1 aromatic heterocycles. The molecule has 4 rings (SSSR count). The second kappa shape index (κ2) is 11.9. The lowest BCUT2D eigenvalue weighted by Crippen LogP contribution is -2.45. The number of nitrogens with zero attached hydrogens (tertiary/aromatic N) is 2. The third kappa shape index (κ3) is 6.33. The standard InChI is InChI=1S/C27H28ClF3N2O3S/c1-36-18-3-5-23-19(15-18)25(20(28)16-32-23)22(31)6-7-27(26(34)35)8-10-33(11-9-27)12-13-37-24-14-17(29)2-4-21(24)30/h2-5,14-16,22H,6-13H2,1H3,(H,34,35)/t22-/m1/s1. The second-order valence-electron chi connectivity index (χ2n) is 9.26. The van der Waals surface area contributed by atoms with E-state index in [1.165, 1.54) is 31.1 Å². The molecule has 1 atom stereocenters. The first kappa shape index (κ1) is 27.5. The molecule has 198 valence electrons. The molecule has 1 fully saturated rings. The summed E-state index contributed by atoms with van der Waals surface area (Å²) in [6.45, 7) is 1.68. The second-order valence-corrected chi connectivity index (χ2v) is 10.8. The van der Waals surface area contributed by atoms with Crippen molar-refractivity contribution in [2.75, 3.05) is 32.5 Å². The number of alkyl halides is 1. The van der Waals surface area contributed by atoms with Gasteiger partial charge in [-0.2, -0.15) is 0 Å². The van der Waals surface area contributed by atoms with Crippen LogP contribution < -0.4 is 4.74 Å². The molecule has 1 saturated heterocycles. The number of aliphatic carboxylic acids is 1. The summed E-state index contributed by atoms with van der Waals surface area (Å²) in [4.78, 5) is 18.9. The average Bonchev–Trinajstić information content (AvgIpc) is 2.89. The fourth-order valence-corrected chi connectivity index (χ4v) is 6.05. The van der Waals surface area contributed by atoms with Crippen LogP contribution in [0.4, 0.5) is 13.2 Å². The molecule has 0 bridgehead atoms. The van der Waals surface area contributed by atoms with E-state index in [9.17, 15) is 18.7 Å². The number of hydrogen-bond acceptors (Lipinski definition) is 5. The van der Waals surface area contributed by atoms with E-state index < -0.39 is 29.2 Å². The molecule has 0 aliphatic carbocycles. The van der Waals surface area contributed by atoms with Gasteiger partial charge in [0.05, 0.1) is 23.1 Å². The Morgan fingerprint density at radius 2 is 2.00 bits per heavy atom. The van der Waals surface area contributed by atoms with Crippen LogP contribution in [0.2, 0.25) is 5.02 Å². The summed E-state index contributed by atoms with van der Waals surface area (Å²) in [5.41, 5.74) is -0.152. The molecule has 0 saturated carbocycles. The summed E-state index contributed by atoms with van der Waals surface area (Å²) in [5.74, 6) is -0.777. The lowest BCUT2D eigenvalue weighted by molar-refractivity contribution is -0.153. The lowest BCUT2D eigenvalue weighted by atomic mass is 9.74. The maximum absolute atomic E-state index is 15.6. The molecule has 37 heavy (non-hydrogen) atoms. The van der Waals surface area contributed by atoms with Gasteiger partial charge in [0.25, 0.3) is 0 Å². The number of carboxylic acid groups (broad SMARTS) is 1. The Morgan fingerprint density at radius 3 is 2.70 bits per heavy atom. The van der Waals surface area contributed by atoms with Crippen molar-refractivity contribution in [3.05, 3.63) is 64.8 Å². The van der Waals surface area contributed by atoms with Gasteiger partial charge in [-0.15, -0.1) is 11.8 Å². The van der Waals surface area contributed by atoms with Crippen LogP contribution in [0.5, 0.6) is 5.75 Å². The van der Waals surface area contributed by atoms with Gasteiger partial charge in [0.15, 0.2) is 0 Å². The van der Waals surface area contributed by atoms with Crippen molar-refractivity contribution in [3.63, 3.8) is 0 Å². The van der Waals surface area contributed by atoms with Gasteiger partial charge in [0.1, 0.15) is 23.6 Å². The molecule has 5 nitrogen and oxygen atoms in total. The van der Waals surface area contributed by atoms with E-state index in [4.69, 9.17) is 16.3 Å². The number of halogens is 4. The SMILES string of the molecule is COc1ccc2ncc(Cl)c([C@H](F)CCC3(C(=O)O)CCN(CCSc4cc(F)ccc4F)CC3)c2c1. The van der Waals surface area contributed by atoms with E-state index in [0.717, 1.165) is 12.1 Å². The lowest BCUT2D eigenvalue weighted by Gasteiger charge is -2.39. The molecule has 1 aliphatic heterocycles. The van der Waals surface area contributed by atoms with E-state index in [0.29, 0.717) is 60.4 Å². The van der Waals surface area contributed by atoms with Crippen molar-refractivity contribution in [2.45, 2.75) is 36.8 Å². The molecule has 0 spiro atoms. The number of likely N-dealkylation sites (tertiary alicyclic amines) is 1. The highest BCUT2D eigenvalue weighted by Crippen LogP contribution is 2.42. The van der Waals surface area contributed by atoms with Crippen molar-refractivity contribution in [3.8, 4) is 5.75 Å². The first-order valence-electron chi connectivity index (χ1n) is 12.0. The molecule has 1 aliphatic rings. The highest BCUT2D eigenvalue weighted by molar-refractivity contribution is 7.99. The number of piperidine rings is 1. The first-order valence-corrected chi connectivity index (χ1v) is 13.4. The zero-order valence-corrected chi connectivity index (χ0v) is 21.9. The van der Waals surface area contributed by atoms with Crippen LogP contribution in [0.1, 0.15) is 37.4 Å². The molecule has 0 amide bonds. The summed E-state index contributed by atoms with van der Waals surface area (Å²) in [5, 5.41) is 10.8. The normalized spacial score (nSPS) is 16.6. The van der Waals surface area contributed by atoms with Gasteiger partial charge < -0.3 is 14.7 Å². The summed E-state index contributed by atoms with van der Waals surface area (Å²) < 4.78 is 48.1. The van der Waals surface area contributed by atoms with Crippen LogP contribution >= 0.6 is 23.4 Å². The quantitative estimate of drug-likeness (QED) is 0.275. The highest BCUT2D eigenvalue weighted by Gasteiger charge is 2.41. The number of methoxy groups -OCH3 is 1. The third-order valence-corrected chi connectivity index (χ3v) is 8.39. The highest BCUT2D eigenvalue weighted by atomic mass is 35.5. The van der Waals surface area contributed by atoms with E-state index in [-0.39, 0.29) is 22.8 Å². The van der Waals surface area contributed by atoms with Crippen molar-refractivity contribution in [1.29, 1.82) is 0 Å². The Balaban J connectivity index is 1.37. The Morgan fingerprint density at radius 1 is 1.24 bits per heavy atom. The third-order valence-electron chi connectivity index (χ3n) is 7.08. The van der Waals surface area contributed by atoms with E-state index in [1.54, 1.807) is 18.2 Å². The van der Waals surface area contributed by atoms with Crippen LogP contribution in [-0.4, -0.2) is 53.5 Å². The monoisotopic (exact) mass is 552 g/mol. The number of rotatable bonds is 10. The number of aromatic nitrogens is 1. The van der Waals surface area contributed by atoms with Gasteiger partial charge in [-0.05, 0) is 75.2 Å². The van der Waals surface area contributed by atoms with Crippen molar-refractivity contribution in [1.82, 2.24) is 9.88 Å². The maximum atomic E-state index is 15.6. The van der Waals surface area contributed by atoms with Crippen LogP contribution in [0, 0.1) is 17.0 Å². The van der Waals surface area contributed by atoms with Gasteiger partial charge in [-0.3, -0.25) is 9.78 Å². The zero-order valence-electron chi connectivity index (χ0n) is 20.4. The molecule has 10 heteroatoms. The Hall–Kier alpha value is -2.49. The summed E-state index contributed by atoms with van der Waals surface area (Å²) >= 11 is 7.56. The van der Waals surface area contributed by atoms with Crippen molar-refractivity contribution in [2.24, 2.45) is 5.41 Å². The van der Waals surface area contributed by atoms with Gasteiger partial charge >= 0.3 is 5.97 Å². The molecule has 2 aromatic carbocycles. The summed E-state index contributed by atoms with van der Waals surface area (Å²) in [7, 11) is 1.52. The van der Waals surface area contributed by atoms with E-state index in [2.05, 4.69) is 9.88 Å². The summed E-state index contributed by atoms with van der Waals surface area (Å²) in [6, 6.07) is 8.52. The molecule has 1 N–H and O–H groups in total. The maximum Gasteiger partial charge on any atom is 0.309 e. The number of hydrogen-bond donors (Lipinski definition) is 1. The van der Waals surface area contributed by atoms with Crippen LogP contribution in [0.15, 0.2) is 47.5 Å². The molecule has 0 unspecified atom stereocenters. The van der Waals surface area contributed by atoms with E-state index in [1.807, 2.05) is 0 Å². The predicted octanol–water partition coefficient (Wildman–Crippen LogP) is 6.92. The van der Waals surface area contributed by atoms with E-state index >= 15 is 4.39 Å². The van der Waals surface area contributed by atoms with Gasteiger partial charge in [0, 0.05) is 34.3 Å². The van der Waals surface area contributed by atoms with Crippen LogP contribution in [0.3, 0.4) is 0 Å². The van der Waals surface area contributed by atoms with Crippen LogP contribution in [-0.2, 0) is 4.79 Å². The molecular weight excluding hydrogens is 525 g/mol. The number of pyridine rings is 1. The van der Waals surface area contributed by atoms with Gasteiger partial charge in [-0.1, -0.05) is 11.6 Å². The smallest absolute Gasteiger partial charge is 0.309 e. The van der Waals surface area contributed by atoms with Crippen molar-refractivity contribution < 1.29 is 27.8 Å². The Kier molecular flexibility index (Phi) is 8.87. The Labute approximate surface area is 223 Å². The zero-order chi connectivity index (χ0) is 26.6. The van der Waals surface area contributed by atoms with Crippen LogP contribution in [0.25, 0.3) is 10.9 Å². The van der Waals surface area contributed by atoms with Gasteiger partial charge in [-0.25, -0.2) is 13.2 Å². The number of benzene rings is 2. The average molecular weight is 553 g/mol. The molecule has 2 heterocycles. The largest absolute Gasteiger partial charge is 0.497 e. The fourth-order valence-electron chi connectivity index (χ4n) is 4.81. The number of carboxylic acids is 1. The summed E-state index contributed by atoms with van der Waals surface area (Å²) in [6.07, 6.45) is 0.899. The predicted molar refractivity (Wildman–Crippen MR) is 139 cm³/mol. The first-order chi connectivity index (χ1) is 17.7. The van der Waals surface area contributed by atoms with Gasteiger partial charge in [0.2, 0.25) is 0 Å². The number of thioether (sulfide) groups is 1. The molecule has 3 aromatic rings. The minimum Gasteiger partial charge on any atom is -0.497 e. The minimum atomic E-state index is -1.46. The molecular formula is C27H28ClF3N2O3S. The van der Waals surface area contributed by atoms with Crippen molar-refractivity contribution >= 4 is 40.2 Å². The minimum absolute atomic E-state index is 0.0110. The fraction of sp³-hybridized carbons (Fsp3) is 0.407. The Bertz CT molecular complexity index is 1270. The number of fused-ring (bicyclic) bond motifs is 1.